The number of aromatic nitrogens is 2. The standard InChI is InChI=1S/C24H21F3N2O4S2/c1-23(2,3)16-5-4-6-18(11-16)35(32,33)29-17(7-14-8-20(22(30)31)34-13-14)9-15-10-21(24(25,26)27)28-12-19(15)29/h4-6,8-13H,7H2,1-3H3,(H,30,31). The van der Waals surface area contributed by atoms with Gasteiger partial charge in [0.25, 0.3) is 10.0 Å². The van der Waals surface area contributed by atoms with Crippen LogP contribution in [0.3, 0.4) is 0 Å². The number of aromatic carboxylic acids is 1. The molecule has 0 amide bonds. The largest absolute Gasteiger partial charge is 0.477 e. The lowest BCUT2D eigenvalue weighted by Crippen LogP contribution is -2.18. The summed E-state index contributed by atoms with van der Waals surface area (Å²) in [4.78, 5) is 14.8. The average molecular weight is 523 g/mol. The van der Waals surface area contributed by atoms with Crippen molar-refractivity contribution in [2.75, 3.05) is 0 Å². The molecule has 1 N–H and O–H groups in total. The Morgan fingerprint density at radius 3 is 2.43 bits per heavy atom. The highest BCUT2D eigenvalue weighted by molar-refractivity contribution is 7.90. The number of rotatable bonds is 5. The molecule has 0 radical (unpaired) electrons. The second kappa shape index (κ2) is 8.49. The fourth-order valence-electron chi connectivity index (χ4n) is 3.72. The molecule has 3 aromatic heterocycles. The number of benzene rings is 1. The molecule has 4 rings (SSSR count). The monoisotopic (exact) mass is 522 g/mol. The number of carboxylic acid groups (broad SMARTS) is 1. The fourth-order valence-corrected chi connectivity index (χ4v) is 6.05. The molecule has 6 nitrogen and oxygen atoms in total. The SMILES string of the molecule is CC(C)(C)c1cccc(S(=O)(=O)n2c(Cc3csc(C(=O)O)c3)cc3cc(C(F)(F)F)ncc32)c1. The lowest BCUT2D eigenvalue weighted by Gasteiger charge is -2.20. The number of alkyl halides is 3. The summed E-state index contributed by atoms with van der Waals surface area (Å²) in [5.74, 6) is -1.12. The lowest BCUT2D eigenvalue weighted by molar-refractivity contribution is -0.141. The van der Waals surface area contributed by atoms with Gasteiger partial charge in [0, 0.05) is 17.5 Å². The number of fused-ring (bicyclic) bond motifs is 1. The second-order valence-electron chi connectivity index (χ2n) is 9.11. The summed E-state index contributed by atoms with van der Waals surface area (Å²) in [7, 11) is -4.23. The van der Waals surface area contributed by atoms with Crippen LogP contribution in [0.5, 0.6) is 0 Å². The molecule has 0 aliphatic heterocycles. The Kier molecular flexibility index (Phi) is 6.05. The Bertz CT molecular complexity index is 1540. The van der Waals surface area contributed by atoms with Crippen molar-refractivity contribution in [3.63, 3.8) is 0 Å². The van der Waals surface area contributed by atoms with Crippen LogP contribution in [-0.2, 0) is 28.0 Å². The van der Waals surface area contributed by atoms with Gasteiger partial charge in [-0.2, -0.15) is 13.2 Å². The Morgan fingerprint density at radius 2 is 1.83 bits per heavy atom. The van der Waals surface area contributed by atoms with Crippen LogP contribution in [0.25, 0.3) is 10.9 Å². The zero-order chi connectivity index (χ0) is 25.8. The van der Waals surface area contributed by atoms with Crippen molar-refractivity contribution in [3.05, 3.63) is 81.4 Å². The van der Waals surface area contributed by atoms with Gasteiger partial charge in [-0.1, -0.05) is 32.9 Å². The summed E-state index contributed by atoms with van der Waals surface area (Å²) in [5, 5.41) is 10.8. The fraction of sp³-hybridized carbons (Fsp3) is 0.250. The first-order valence-corrected chi connectivity index (χ1v) is 12.7. The van der Waals surface area contributed by atoms with E-state index in [9.17, 15) is 31.5 Å². The minimum absolute atomic E-state index is 0.00198. The van der Waals surface area contributed by atoms with E-state index >= 15 is 0 Å². The number of thiophene rings is 1. The van der Waals surface area contributed by atoms with Gasteiger partial charge in [-0.3, -0.25) is 0 Å². The highest BCUT2D eigenvalue weighted by atomic mass is 32.2. The van der Waals surface area contributed by atoms with Gasteiger partial charge in [0.2, 0.25) is 0 Å². The van der Waals surface area contributed by atoms with Gasteiger partial charge >= 0.3 is 12.1 Å². The summed E-state index contributed by atoms with van der Waals surface area (Å²) in [5.41, 5.74) is 0.0294. The Morgan fingerprint density at radius 1 is 1.11 bits per heavy atom. The van der Waals surface area contributed by atoms with Crippen LogP contribution in [0.15, 0.2) is 58.9 Å². The lowest BCUT2D eigenvalue weighted by atomic mass is 9.87. The maximum absolute atomic E-state index is 13.8. The highest BCUT2D eigenvalue weighted by Crippen LogP contribution is 2.34. The van der Waals surface area contributed by atoms with Crippen molar-refractivity contribution in [1.82, 2.24) is 8.96 Å². The summed E-state index contributed by atoms with van der Waals surface area (Å²) in [6.45, 7) is 5.82. The first kappa shape index (κ1) is 24.9. The first-order valence-electron chi connectivity index (χ1n) is 10.4. The van der Waals surface area contributed by atoms with Crippen LogP contribution in [0, 0.1) is 0 Å². The minimum atomic E-state index is -4.69. The van der Waals surface area contributed by atoms with E-state index in [1.807, 2.05) is 26.8 Å². The number of carboxylic acids is 1. The number of hydrogen-bond donors (Lipinski definition) is 1. The quantitative estimate of drug-likeness (QED) is 0.350. The molecule has 0 bridgehead atoms. The molecule has 0 saturated carbocycles. The van der Waals surface area contributed by atoms with E-state index in [1.54, 1.807) is 17.5 Å². The van der Waals surface area contributed by atoms with Crippen LogP contribution >= 0.6 is 11.3 Å². The van der Waals surface area contributed by atoms with Gasteiger partial charge in [0.1, 0.15) is 10.6 Å². The van der Waals surface area contributed by atoms with Gasteiger partial charge in [-0.15, -0.1) is 11.3 Å². The zero-order valence-electron chi connectivity index (χ0n) is 18.9. The number of carbonyl (C=O) groups is 1. The number of halogens is 3. The normalized spacial score (nSPS) is 12.9. The first-order chi connectivity index (χ1) is 16.2. The smallest absolute Gasteiger partial charge is 0.433 e. The van der Waals surface area contributed by atoms with Crippen LogP contribution < -0.4 is 0 Å². The second-order valence-corrected chi connectivity index (χ2v) is 11.8. The van der Waals surface area contributed by atoms with E-state index in [-0.39, 0.29) is 38.2 Å². The topological polar surface area (TPSA) is 89.3 Å². The van der Waals surface area contributed by atoms with Gasteiger partial charge in [-0.25, -0.2) is 22.2 Å². The van der Waals surface area contributed by atoms with Gasteiger partial charge < -0.3 is 5.11 Å². The molecule has 0 aliphatic rings. The minimum Gasteiger partial charge on any atom is -0.477 e. The van der Waals surface area contributed by atoms with Gasteiger partial charge in [0.05, 0.1) is 16.6 Å². The Labute approximate surface area is 203 Å². The molecule has 4 aromatic rings. The third kappa shape index (κ3) is 4.83. The Balaban J connectivity index is 1.93. The molecule has 11 heteroatoms. The van der Waals surface area contributed by atoms with Crippen LogP contribution in [-0.4, -0.2) is 28.5 Å². The molecule has 0 aliphatic carbocycles. The molecule has 0 fully saturated rings. The predicted molar refractivity (Wildman–Crippen MR) is 127 cm³/mol. The maximum atomic E-state index is 13.8. The molecular weight excluding hydrogens is 501 g/mol. The van der Waals surface area contributed by atoms with Crippen LogP contribution in [0.1, 0.15) is 53.0 Å². The van der Waals surface area contributed by atoms with E-state index < -0.39 is 27.9 Å². The zero-order valence-corrected chi connectivity index (χ0v) is 20.6. The number of pyridine rings is 1. The summed E-state index contributed by atoms with van der Waals surface area (Å²) in [6, 6.07) is 10.0. The summed E-state index contributed by atoms with van der Waals surface area (Å²) >= 11 is 0.985. The molecule has 0 atom stereocenters. The molecule has 3 heterocycles. The van der Waals surface area contributed by atoms with Crippen molar-refractivity contribution in [2.45, 2.75) is 43.7 Å². The molecular formula is C24H21F3N2O4S2. The van der Waals surface area contributed by atoms with Crippen molar-refractivity contribution in [2.24, 2.45) is 0 Å². The van der Waals surface area contributed by atoms with Crippen LogP contribution in [0.2, 0.25) is 0 Å². The van der Waals surface area contributed by atoms with Crippen molar-refractivity contribution in [1.29, 1.82) is 0 Å². The van der Waals surface area contributed by atoms with E-state index in [4.69, 9.17) is 0 Å². The molecule has 0 saturated heterocycles. The van der Waals surface area contributed by atoms with E-state index in [0.29, 0.717) is 5.56 Å². The number of hydrogen-bond acceptors (Lipinski definition) is 5. The molecule has 184 valence electrons. The van der Waals surface area contributed by atoms with Gasteiger partial charge in [-0.05, 0) is 52.3 Å². The Hall–Kier alpha value is -3.18. The van der Waals surface area contributed by atoms with Gasteiger partial charge in [0.15, 0.2) is 0 Å². The molecule has 35 heavy (non-hydrogen) atoms. The highest BCUT2D eigenvalue weighted by Gasteiger charge is 2.34. The summed E-state index contributed by atoms with van der Waals surface area (Å²) < 4.78 is 68.4. The molecule has 0 unspecified atom stereocenters. The van der Waals surface area contributed by atoms with Crippen LogP contribution in [0.4, 0.5) is 13.2 Å². The third-order valence-electron chi connectivity index (χ3n) is 5.49. The molecule has 1 aromatic carbocycles. The summed E-state index contributed by atoms with van der Waals surface area (Å²) in [6.07, 6.45) is -3.79. The number of nitrogens with zero attached hydrogens (tertiary/aromatic N) is 2. The van der Waals surface area contributed by atoms with Crippen molar-refractivity contribution in [3.8, 4) is 0 Å². The van der Waals surface area contributed by atoms with Crippen molar-refractivity contribution >= 4 is 38.2 Å². The predicted octanol–water partition coefficient (Wildman–Crippen LogP) is 5.94. The average Bonchev–Trinajstić information content (AvgIpc) is 3.37. The van der Waals surface area contributed by atoms with E-state index in [0.717, 1.165) is 33.1 Å². The third-order valence-corrected chi connectivity index (χ3v) is 8.22. The maximum Gasteiger partial charge on any atom is 0.433 e. The molecule has 0 spiro atoms. The van der Waals surface area contributed by atoms with E-state index in [1.165, 1.54) is 18.2 Å². The van der Waals surface area contributed by atoms with Crippen molar-refractivity contribution < 1.29 is 31.5 Å². The van der Waals surface area contributed by atoms with E-state index in [2.05, 4.69) is 4.98 Å².